The third-order valence-electron chi connectivity index (χ3n) is 2.68. The molecule has 0 saturated carbocycles. The van der Waals surface area contributed by atoms with Gasteiger partial charge in [-0.25, -0.2) is 0 Å². The third kappa shape index (κ3) is 5.74. The average Bonchev–Trinajstić information content (AvgIpc) is 2.14. The SMILES string of the molecule is CC(C(=O)NCCC(O)CO)C(C)(C)C. The fraction of sp³-hybridized carbons (Fsp3) is 0.909. The number of amides is 1. The second-order valence-electron chi connectivity index (χ2n) is 5.00. The summed E-state index contributed by atoms with van der Waals surface area (Å²) in [6.07, 6.45) is -0.353. The molecule has 0 aromatic rings. The van der Waals surface area contributed by atoms with Gasteiger partial charge in [-0.05, 0) is 11.8 Å². The number of hydrogen-bond donors (Lipinski definition) is 3. The van der Waals surface area contributed by atoms with Gasteiger partial charge in [-0.3, -0.25) is 4.79 Å². The van der Waals surface area contributed by atoms with E-state index in [0.717, 1.165) is 0 Å². The Labute approximate surface area is 91.7 Å². The molecule has 2 atom stereocenters. The van der Waals surface area contributed by atoms with E-state index in [0.29, 0.717) is 13.0 Å². The van der Waals surface area contributed by atoms with Crippen molar-refractivity contribution in [3.05, 3.63) is 0 Å². The first-order valence-corrected chi connectivity index (χ1v) is 5.35. The maximum absolute atomic E-state index is 11.6. The Bertz CT molecular complexity index is 198. The maximum Gasteiger partial charge on any atom is 0.223 e. The predicted molar refractivity (Wildman–Crippen MR) is 59.3 cm³/mol. The van der Waals surface area contributed by atoms with Crippen LogP contribution in [0.2, 0.25) is 0 Å². The summed E-state index contributed by atoms with van der Waals surface area (Å²) >= 11 is 0. The normalized spacial score (nSPS) is 15.9. The molecule has 0 aliphatic heterocycles. The van der Waals surface area contributed by atoms with Crippen LogP contribution in [-0.2, 0) is 4.79 Å². The molecule has 0 saturated heterocycles. The third-order valence-corrected chi connectivity index (χ3v) is 2.68. The molecule has 90 valence electrons. The molecule has 0 rings (SSSR count). The first-order chi connectivity index (χ1) is 6.79. The van der Waals surface area contributed by atoms with Gasteiger partial charge in [0.15, 0.2) is 0 Å². The molecule has 0 heterocycles. The molecule has 0 fully saturated rings. The Morgan fingerprint density at radius 1 is 1.40 bits per heavy atom. The van der Waals surface area contributed by atoms with Crippen LogP contribution in [0.25, 0.3) is 0 Å². The summed E-state index contributed by atoms with van der Waals surface area (Å²) in [4.78, 5) is 11.6. The number of aliphatic hydroxyl groups is 2. The lowest BCUT2D eigenvalue weighted by Crippen LogP contribution is -2.37. The lowest BCUT2D eigenvalue weighted by Gasteiger charge is -2.26. The minimum absolute atomic E-state index is 0.00682. The van der Waals surface area contributed by atoms with Crippen molar-refractivity contribution < 1.29 is 15.0 Å². The van der Waals surface area contributed by atoms with Gasteiger partial charge in [-0.1, -0.05) is 27.7 Å². The van der Waals surface area contributed by atoms with Crippen molar-refractivity contribution in [2.24, 2.45) is 11.3 Å². The molecule has 0 aromatic heterocycles. The van der Waals surface area contributed by atoms with E-state index in [-0.39, 0.29) is 23.8 Å². The van der Waals surface area contributed by atoms with Crippen LogP contribution >= 0.6 is 0 Å². The maximum atomic E-state index is 11.6. The Balaban J connectivity index is 3.85. The van der Waals surface area contributed by atoms with Gasteiger partial charge in [0.25, 0.3) is 0 Å². The Kier molecular flexibility index (Phi) is 5.83. The Morgan fingerprint density at radius 2 is 1.93 bits per heavy atom. The molecule has 2 unspecified atom stereocenters. The second kappa shape index (κ2) is 6.08. The van der Waals surface area contributed by atoms with Crippen molar-refractivity contribution in [2.45, 2.75) is 40.2 Å². The number of aliphatic hydroxyl groups excluding tert-OH is 2. The van der Waals surface area contributed by atoms with E-state index in [1.165, 1.54) is 0 Å². The van der Waals surface area contributed by atoms with Gasteiger partial charge in [0.1, 0.15) is 0 Å². The number of rotatable bonds is 5. The number of nitrogens with one attached hydrogen (secondary N) is 1. The lowest BCUT2D eigenvalue weighted by molar-refractivity contribution is -0.127. The van der Waals surface area contributed by atoms with Crippen molar-refractivity contribution in [1.82, 2.24) is 5.32 Å². The molecule has 4 nitrogen and oxygen atoms in total. The van der Waals surface area contributed by atoms with E-state index >= 15 is 0 Å². The highest BCUT2D eigenvalue weighted by molar-refractivity contribution is 5.78. The zero-order chi connectivity index (χ0) is 12.1. The van der Waals surface area contributed by atoms with Crippen LogP contribution in [0.3, 0.4) is 0 Å². The number of carbonyl (C=O) groups is 1. The minimum atomic E-state index is -0.741. The van der Waals surface area contributed by atoms with Gasteiger partial charge >= 0.3 is 0 Å². The first-order valence-electron chi connectivity index (χ1n) is 5.35. The van der Waals surface area contributed by atoms with Crippen LogP contribution < -0.4 is 5.32 Å². The van der Waals surface area contributed by atoms with Crippen molar-refractivity contribution in [1.29, 1.82) is 0 Å². The van der Waals surface area contributed by atoms with Crippen molar-refractivity contribution >= 4 is 5.91 Å². The van der Waals surface area contributed by atoms with Crippen molar-refractivity contribution in [3.63, 3.8) is 0 Å². The van der Waals surface area contributed by atoms with Crippen LogP contribution in [0.4, 0.5) is 0 Å². The van der Waals surface area contributed by atoms with Crippen LogP contribution in [0.1, 0.15) is 34.1 Å². The van der Waals surface area contributed by atoms with Crippen molar-refractivity contribution in [3.8, 4) is 0 Å². The van der Waals surface area contributed by atoms with E-state index in [9.17, 15) is 4.79 Å². The molecule has 1 amide bonds. The van der Waals surface area contributed by atoms with Gasteiger partial charge in [0.05, 0.1) is 12.7 Å². The number of hydrogen-bond acceptors (Lipinski definition) is 3. The quantitative estimate of drug-likeness (QED) is 0.629. The zero-order valence-corrected chi connectivity index (χ0v) is 10.1. The molecular formula is C11H23NO3. The van der Waals surface area contributed by atoms with E-state index in [4.69, 9.17) is 10.2 Å². The molecule has 15 heavy (non-hydrogen) atoms. The standard InChI is InChI=1S/C11H23NO3/c1-8(11(2,3)4)10(15)12-6-5-9(14)7-13/h8-9,13-14H,5-7H2,1-4H3,(H,12,15). The van der Waals surface area contributed by atoms with Crippen LogP contribution in [-0.4, -0.2) is 35.4 Å². The topological polar surface area (TPSA) is 69.6 Å². The fourth-order valence-electron chi connectivity index (χ4n) is 1.000. The second-order valence-corrected chi connectivity index (χ2v) is 5.00. The summed E-state index contributed by atoms with van der Waals surface area (Å²) in [6, 6.07) is 0. The molecule has 0 aliphatic carbocycles. The van der Waals surface area contributed by atoms with E-state index in [1.807, 2.05) is 27.7 Å². The molecule has 3 N–H and O–H groups in total. The minimum Gasteiger partial charge on any atom is -0.394 e. The highest BCUT2D eigenvalue weighted by Gasteiger charge is 2.26. The molecule has 0 spiro atoms. The zero-order valence-electron chi connectivity index (χ0n) is 10.1. The van der Waals surface area contributed by atoms with Gasteiger partial charge in [-0.2, -0.15) is 0 Å². The average molecular weight is 217 g/mol. The summed E-state index contributed by atoms with van der Waals surface area (Å²) in [5.41, 5.74) is -0.0559. The largest absolute Gasteiger partial charge is 0.394 e. The molecular weight excluding hydrogens is 194 g/mol. The molecule has 0 radical (unpaired) electrons. The predicted octanol–water partition coefficient (Wildman–Crippen LogP) is 0.528. The van der Waals surface area contributed by atoms with Crippen LogP contribution in [0.15, 0.2) is 0 Å². The highest BCUT2D eigenvalue weighted by atomic mass is 16.3. The molecule has 0 bridgehead atoms. The lowest BCUT2D eigenvalue weighted by atomic mass is 9.81. The first kappa shape index (κ1) is 14.4. The summed E-state index contributed by atoms with van der Waals surface area (Å²) in [7, 11) is 0. The summed E-state index contributed by atoms with van der Waals surface area (Å²) in [5, 5.41) is 20.4. The summed E-state index contributed by atoms with van der Waals surface area (Å²) < 4.78 is 0. The molecule has 0 aromatic carbocycles. The van der Waals surface area contributed by atoms with Crippen molar-refractivity contribution in [2.75, 3.05) is 13.2 Å². The van der Waals surface area contributed by atoms with E-state index in [2.05, 4.69) is 5.32 Å². The smallest absolute Gasteiger partial charge is 0.223 e. The van der Waals surface area contributed by atoms with E-state index in [1.54, 1.807) is 0 Å². The van der Waals surface area contributed by atoms with Gasteiger partial charge in [0.2, 0.25) is 5.91 Å². The number of carbonyl (C=O) groups excluding carboxylic acids is 1. The Hall–Kier alpha value is -0.610. The highest BCUT2D eigenvalue weighted by Crippen LogP contribution is 2.25. The monoisotopic (exact) mass is 217 g/mol. The molecule has 0 aliphatic rings. The summed E-state index contributed by atoms with van der Waals surface area (Å²) in [6.45, 7) is 8.07. The fourth-order valence-corrected chi connectivity index (χ4v) is 1.000. The van der Waals surface area contributed by atoms with E-state index < -0.39 is 6.10 Å². The summed E-state index contributed by atoms with van der Waals surface area (Å²) in [5.74, 6) is -0.0728. The van der Waals surface area contributed by atoms with Gasteiger partial charge in [-0.15, -0.1) is 0 Å². The van der Waals surface area contributed by atoms with Crippen LogP contribution in [0.5, 0.6) is 0 Å². The van der Waals surface area contributed by atoms with Gasteiger partial charge < -0.3 is 15.5 Å². The Morgan fingerprint density at radius 3 is 2.33 bits per heavy atom. The van der Waals surface area contributed by atoms with Gasteiger partial charge in [0, 0.05) is 12.5 Å². The van der Waals surface area contributed by atoms with Crippen LogP contribution in [0, 0.1) is 11.3 Å². The molecule has 4 heteroatoms.